The van der Waals surface area contributed by atoms with Crippen molar-refractivity contribution in [1.82, 2.24) is 30.0 Å². The molecule has 0 spiro atoms. The number of furan rings is 1. The smallest absolute Gasteiger partial charge is 0.289 e. The molecule has 0 N–H and O–H groups in total. The van der Waals surface area contributed by atoms with Gasteiger partial charge >= 0.3 is 0 Å². The van der Waals surface area contributed by atoms with Crippen LogP contribution < -0.4 is 0 Å². The van der Waals surface area contributed by atoms with E-state index in [1.54, 1.807) is 18.4 Å². The van der Waals surface area contributed by atoms with E-state index in [1.807, 2.05) is 4.90 Å². The number of carbonyl (C=O) groups excluding carboxylic acids is 1. The number of hydrogen-bond acceptors (Lipinski definition) is 6. The molecule has 8 nitrogen and oxygen atoms in total. The predicted molar refractivity (Wildman–Crippen MR) is 126 cm³/mol. The van der Waals surface area contributed by atoms with Gasteiger partial charge in [-0.2, -0.15) is 0 Å². The molecule has 1 saturated heterocycles. The maximum absolute atomic E-state index is 12.7. The highest BCUT2D eigenvalue weighted by molar-refractivity contribution is 5.91. The molecular weight excluding hydrogens is 440 g/mol. The van der Waals surface area contributed by atoms with Gasteiger partial charge in [-0.05, 0) is 47.9 Å². The van der Waals surface area contributed by atoms with Crippen LogP contribution in [0.5, 0.6) is 0 Å². The average molecular weight is 471 g/mol. The first-order valence-corrected chi connectivity index (χ1v) is 11.6. The number of amides is 1. The zero-order valence-electron chi connectivity index (χ0n) is 19.0. The van der Waals surface area contributed by atoms with Crippen LogP contribution in [0, 0.1) is 6.92 Å². The van der Waals surface area contributed by atoms with Gasteiger partial charge in [-0.25, -0.2) is 4.68 Å². The van der Waals surface area contributed by atoms with Gasteiger partial charge in [-0.15, -0.1) is 17.5 Å². The Kier molecular flexibility index (Phi) is 7.45. The topological polar surface area (TPSA) is 80.3 Å². The highest BCUT2D eigenvalue weighted by Crippen LogP contribution is 2.33. The number of carbonyl (C=O) groups is 1. The molecule has 2 fully saturated rings. The molecule has 33 heavy (non-hydrogen) atoms. The number of aromatic nitrogens is 4. The Morgan fingerprint density at radius 3 is 2.42 bits per heavy atom. The van der Waals surface area contributed by atoms with E-state index in [0.717, 1.165) is 31.8 Å². The second-order valence-corrected chi connectivity index (χ2v) is 8.89. The van der Waals surface area contributed by atoms with Crippen molar-refractivity contribution in [3.63, 3.8) is 0 Å². The van der Waals surface area contributed by atoms with Gasteiger partial charge in [0.2, 0.25) is 0 Å². The van der Waals surface area contributed by atoms with Crippen LogP contribution in [0.25, 0.3) is 0 Å². The van der Waals surface area contributed by atoms with Crippen LogP contribution in [0.4, 0.5) is 0 Å². The standard InChI is InChI=1S/C24H30N6O2.ClH/c1-18-9-11-19(12-10-18)22(23-25-26-27-30(23)20-6-3-2-4-7-20)28-13-15-29(16-14-28)24(31)21-8-5-17-32-21;/h5,8-12,17,20,22H,2-4,6-7,13-16H2,1H3;1H. The van der Waals surface area contributed by atoms with Crippen LogP contribution in [0.2, 0.25) is 0 Å². The van der Waals surface area contributed by atoms with Gasteiger partial charge in [0.05, 0.1) is 18.3 Å². The maximum atomic E-state index is 12.7. The Labute approximate surface area is 200 Å². The molecule has 5 rings (SSSR count). The van der Waals surface area contributed by atoms with Gasteiger partial charge in [0.25, 0.3) is 5.91 Å². The fourth-order valence-electron chi connectivity index (χ4n) is 4.98. The summed E-state index contributed by atoms with van der Waals surface area (Å²) in [5.41, 5.74) is 2.42. The molecule has 2 aromatic heterocycles. The minimum Gasteiger partial charge on any atom is -0.459 e. The molecule has 1 unspecified atom stereocenters. The summed E-state index contributed by atoms with van der Waals surface area (Å²) in [7, 11) is 0. The lowest BCUT2D eigenvalue weighted by Gasteiger charge is -2.39. The lowest BCUT2D eigenvalue weighted by molar-refractivity contribution is 0.0557. The highest BCUT2D eigenvalue weighted by atomic mass is 35.5. The maximum Gasteiger partial charge on any atom is 0.289 e. The summed E-state index contributed by atoms with van der Waals surface area (Å²) in [5, 5.41) is 13.0. The first-order valence-electron chi connectivity index (χ1n) is 11.6. The third kappa shape index (κ3) is 4.96. The molecule has 2 aliphatic rings. The van der Waals surface area contributed by atoms with Crippen LogP contribution in [0.1, 0.15) is 71.7 Å². The summed E-state index contributed by atoms with van der Waals surface area (Å²) in [4.78, 5) is 17.0. The molecule has 1 amide bonds. The lowest BCUT2D eigenvalue weighted by Crippen LogP contribution is -2.50. The number of hydrogen-bond donors (Lipinski definition) is 0. The molecule has 1 aliphatic heterocycles. The van der Waals surface area contributed by atoms with E-state index in [1.165, 1.54) is 30.4 Å². The fourth-order valence-corrected chi connectivity index (χ4v) is 4.98. The van der Waals surface area contributed by atoms with E-state index in [0.29, 0.717) is 24.9 Å². The van der Waals surface area contributed by atoms with E-state index in [2.05, 4.69) is 56.3 Å². The van der Waals surface area contributed by atoms with Crippen LogP contribution in [-0.2, 0) is 0 Å². The number of aryl methyl sites for hydroxylation is 1. The SMILES string of the molecule is Cc1ccc(C(c2nnnn2C2CCCCC2)N2CCN(C(=O)c3ccco3)CC2)cc1.Cl. The van der Waals surface area contributed by atoms with E-state index < -0.39 is 0 Å². The van der Waals surface area contributed by atoms with Crippen molar-refractivity contribution in [1.29, 1.82) is 0 Å². The van der Waals surface area contributed by atoms with Gasteiger partial charge in [-0.1, -0.05) is 49.1 Å². The zero-order chi connectivity index (χ0) is 21.9. The van der Waals surface area contributed by atoms with E-state index in [4.69, 9.17) is 4.42 Å². The first kappa shape index (κ1) is 23.4. The first-order chi connectivity index (χ1) is 15.7. The van der Waals surface area contributed by atoms with Gasteiger partial charge in [-0.3, -0.25) is 9.69 Å². The molecular formula is C24H31ClN6O2. The number of piperazine rings is 1. The molecule has 1 aliphatic carbocycles. The van der Waals surface area contributed by atoms with Crippen molar-refractivity contribution in [2.45, 2.75) is 51.1 Å². The largest absolute Gasteiger partial charge is 0.459 e. The summed E-state index contributed by atoms with van der Waals surface area (Å²) in [6, 6.07) is 12.5. The van der Waals surface area contributed by atoms with Crippen LogP contribution in [-0.4, -0.2) is 62.1 Å². The van der Waals surface area contributed by atoms with Crippen LogP contribution >= 0.6 is 12.4 Å². The Bertz CT molecular complexity index is 1020. The monoisotopic (exact) mass is 470 g/mol. The molecule has 1 atom stereocenters. The third-order valence-corrected chi connectivity index (χ3v) is 6.78. The molecule has 176 valence electrons. The number of benzene rings is 1. The summed E-state index contributed by atoms with van der Waals surface area (Å²) in [6.07, 6.45) is 7.55. The van der Waals surface area contributed by atoms with Gasteiger partial charge in [0.15, 0.2) is 11.6 Å². The summed E-state index contributed by atoms with van der Waals surface area (Å²) in [6.45, 7) is 4.90. The summed E-state index contributed by atoms with van der Waals surface area (Å²) < 4.78 is 7.38. The van der Waals surface area contributed by atoms with Crippen molar-refractivity contribution in [3.8, 4) is 0 Å². The number of nitrogens with zero attached hydrogens (tertiary/aromatic N) is 6. The third-order valence-electron chi connectivity index (χ3n) is 6.78. The Morgan fingerprint density at radius 1 is 1.03 bits per heavy atom. The number of tetrazole rings is 1. The second kappa shape index (κ2) is 10.5. The zero-order valence-corrected chi connectivity index (χ0v) is 19.8. The highest BCUT2D eigenvalue weighted by Gasteiger charge is 2.34. The molecule has 3 heterocycles. The van der Waals surface area contributed by atoms with Crippen molar-refractivity contribution in [2.75, 3.05) is 26.2 Å². The molecule has 0 radical (unpaired) electrons. The van der Waals surface area contributed by atoms with Gasteiger partial charge in [0.1, 0.15) is 0 Å². The lowest BCUT2D eigenvalue weighted by atomic mass is 9.95. The minimum atomic E-state index is -0.0476. The van der Waals surface area contributed by atoms with Crippen molar-refractivity contribution in [3.05, 3.63) is 65.4 Å². The second-order valence-electron chi connectivity index (χ2n) is 8.89. The van der Waals surface area contributed by atoms with Crippen molar-refractivity contribution >= 4 is 18.3 Å². The predicted octanol–water partition coefficient (Wildman–Crippen LogP) is 4.05. The number of halogens is 1. The van der Waals surface area contributed by atoms with E-state index in [-0.39, 0.29) is 24.4 Å². The fraction of sp³-hybridized carbons (Fsp3) is 0.500. The van der Waals surface area contributed by atoms with Crippen molar-refractivity contribution < 1.29 is 9.21 Å². The van der Waals surface area contributed by atoms with E-state index in [9.17, 15) is 4.79 Å². The van der Waals surface area contributed by atoms with E-state index >= 15 is 0 Å². The van der Waals surface area contributed by atoms with Gasteiger partial charge < -0.3 is 9.32 Å². The Hall–Kier alpha value is -2.71. The van der Waals surface area contributed by atoms with Crippen LogP contribution in [0.15, 0.2) is 47.1 Å². The molecule has 9 heteroatoms. The minimum absolute atomic E-state index is 0. The molecule has 1 aromatic carbocycles. The van der Waals surface area contributed by atoms with Crippen LogP contribution in [0.3, 0.4) is 0 Å². The average Bonchev–Trinajstić information content (AvgIpc) is 3.54. The van der Waals surface area contributed by atoms with Gasteiger partial charge in [0, 0.05) is 26.2 Å². The molecule has 0 bridgehead atoms. The Balaban J connectivity index is 0.00000259. The molecule has 1 saturated carbocycles. The number of rotatable bonds is 5. The summed E-state index contributed by atoms with van der Waals surface area (Å²) in [5.74, 6) is 1.26. The van der Waals surface area contributed by atoms with Crippen molar-refractivity contribution in [2.24, 2.45) is 0 Å². The quantitative estimate of drug-likeness (QED) is 0.559. The summed E-state index contributed by atoms with van der Waals surface area (Å²) >= 11 is 0. The Morgan fingerprint density at radius 2 is 1.76 bits per heavy atom. The molecule has 3 aromatic rings. The normalized spacial score (nSPS) is 18.6.